The minimum absolute atomic E-state index is 0.0395. The molecule has 0 fully saturated rings. The summed E-state index contributed by atoms with van der Waals surface area (Å²) >= 11 is 0. The van der Waals surface area contributed by atoms with Crippen LogP contribution < -0.4 is 4.74 Å². The monoisotopic (exact) mass is 216 g/mol. The Bertz CT molecular complexity index is 476. The summed E-state index contributed by atoms with van der Waals surface area (Å²) in [6, 6.07) is 11.4. The van der Waals surface area contributed by atoms with Crippen LogP contribution in [0.25, 0.3) is 0 Å². The Morgan fingerprint density at radius 2 is 2.06 bits per heavy atom. The van der Waals surface area contributed by atoms with Crippen LogP contribution in [0, 0.1) is 0 Å². The molecule has 2 atom stereocenters. The Labute approximate surface area is 93.3 Å². The molecule has 82 valence electrons. The van der Waals surface area contributed by atoms with Crippen LogP contribution in [0.3, 0.4) is 0 Å². The van der Waals surface area contributed by atoms with Crippen LogP contribution in [0.4, 0.5) is 0 Å². The third kappa shape index (κ3) is 1.41. The fourth-order valence-electron chi connectivity index (χ4n) is 2.11. The third-order valence-electron chi connectivity index (χ3n) is 2.95. The molecule has 2 aromatic rings. The van der Waals surface area contributed by atoms with Crippen LogP contribution in [-0.4, -0.2) is 11.7 Å². The summed E-state index contributed by atoms with van der Waals surface area (Å²) < 4.78 is 10.7. The van der Waals surface area contributed by atoms with Gasteiger partial charge in [-0.1, -0.05) is 18.2 Å². The van der Waals surface area contributed by atoms with Crippen LogP contribution >= 0.6 is 0 Å². The number of hydrogen-bond acceptors (Lipinski definition) is 3. The average Bonchev–Trinajstić information content (AvgIpc) is 2.98. The van der Waals surface area contributed by atoms with Gasteiger partial charge >= 0.3 is 0 Å². The summed E-state index contributed by atoms with van der Waals surface area (Å²) in [7, 11) is 0. The predicted molar refractivity (Wildman–Crippen MR) is 58.3 cm³/mol. The number of fused-ring (bicyclic) bond motifs is 1. The molecule has 0 saturated heterocycles. The van der Waals surface area contributed by atoms with Crippen molar-refractivity contribution < 1.29 is 14.3 Å². The molecule has 1 aliphatic heterocycles. The second-order valence-corrected chi connectivity index (χ2v) is 3.92. The number of ether oxygens (including phenoxy) is 1. The first kappa shape index (κ1) is 9.48. The first-order chi connectivity index (χ1) is 7.86. The summed E-state index contributed by atoms with van der Waals surface area (Å²) in [5.41, 5.74) is 1.05. The summed E-state index contributed by atoms with van der Waals surface area (Å²) in [6.45, 7) is 0.501. The molecule has 0 spiro atoms. The summed E-state index contributed by atoms with van der Waals surface area (Å²) in [6.07, 6.45) is 0.930. The Hall–Kier alpha value is -1.74. The molecule has 3 heteroatoms. The standard InChI is InChI=1S/C13H12O3/c14-13(12-6-3-7-15-12)10-8-16-11-5-2-1-4-9(10)11/h1-7,10,13-14H,8H2. The van der Waals surface area contributed by atoms with Gasteiger partial charge in [-0.3, -0.25) is 0 Å². The van der Waals surface area contributed by atoms with Crippen LogP contribution in [0.2, 0.25) is 0 Å². The zero-order chi connectivity index (χ0) is 11.0. The van der Waals surface area contributed by atoms with E-state index in [0.717, 1.165) is 11.3 Å². The highest BCUT2D eigenvalue weighted by molar-refractivity contribution is 5.40. The van der Waals surface area contributed by atoms with E-state index in [-0.39, 0.29) is 5.92 Å². The second-order valence-electron chi connectivity index (χ2n) is 3.92. The molecule has 16 heavy (non-hydrogen) atoms. The van der Waals surface area contributed by atoms with Gasteiger partial charge in [-0.2, -0.15) is 0 Å². The lowest BCUT2D eigenvalue weighted by atomic mass is 9.94. The number of para-hydroxylation sites is 1. The first-order valence-electron chi connectivity index (χ1n) is 5.29. The van der Waals surface area contributed by atoms with Gasteiger partial charge in [0.15, 0.2) is 0 Å². The van der Waals surface area contributed by atoms with Crippen molar-refractivity contribution in [2.24, 2.45) is 0 Å². The molecule has 0 radical (unpaired) electrons. The molecule has 1 N–H and O–H groups in total. The minimum Gasteiger partial charge on any atom is -0.493 e. The van der Waals surface area contributed by atoms with Crippen LogP contribution in [0.5, 0.6) is 5.75 Å². The number of benzene rings is 1. The van der Waals surface area contributed by atoms with E-state index in [1.165, 1.54) is 0 Å². The summed E-state index contributed by atoms with van der Waals surface area (Å²) in [5, 5.41) is 10.2. The van der Waals surface area contributed by atoms with Crippen molar-refractivity contribution in [3.8, 4) is 5.75 Å². The lowest BCUT2D eigenvalue weighted by molar-refractivity contribution is 0.107. The molecule has 0 saturated carbocycles. The molecule has 1 aliphatic rings. The van der Waals surface area contributed by atoms with Gasteiger partial charge in [-0.25, -0.2) is 0 Å². The van der Waals surface area contributed by atoms with Gasteiger partial charge in [-0.05, 0) is 18.2 Å². The molecule has 0 amide bonds. The molecule has 3 nitrogen and oxygen atoms in total. The van der Waals surface area contributed by atoms with Crippen molar-refractivity contribution >= 4 is 0 Å². The van der Waals surface area contributed by atoms with Gasteiger partial charge in [0.05, 0.1) is 18.8 Å². The fourth-order valence-corrected chi connectivity index (χ4v) is 2.11. The van der Waals surface area contributed by atoms with E-state index in [2.05, 4.69) is 0 Å². The van der Waals surface area contributed by atoms with Crippen molar-refractivity contribution in [2.75, 3.05) is 6.61 Å². The van der Waals surface area contributed by atoms with Crippen LogP contribution in [0.15, 0.2) is 47.1 Å². The molecule has 3 rings (SSSR count). The van der Waals surface area contributed by atoms with Gasteiger partial charge in [-0.15, -0.1) is 0 Å². The lowest BCUT2D eigenvalue weighted by Gasteiger charge is -2.14. The second kappa shape index (κ2) is 3.68. The van der Waals surface area contributed by atoms with E-state index in [4.69, 9.17) is 9.15 Å². The number of furan rings is 1. The van der Waals surface area contributed by atoms with Gasteiger partial charge < -0.3 is 14.3 Å². The average molecular weight is 216 g/mol. The number of hydrogen-bond donors (Lipinski definition) is 1. The molecule has 1 aromatic carbocycles. The maximum atomic E-state index is 10.2. The van der Waals surface area contributed by atoms with E-state index in [1.807, 2.05) is 24.3 Å². The van der Waals surface area contributed by atoms with Gasteiger partial charge in [0.2, 0.25) is 0 Å². The van der Waals surface area contributed by atoms with E-state index in [9.17, 15) is 5.11 Å². The molecule has 2 heterocycles. The zero-order valence-corrected chi connectivity index (χ0v) is 8.67. The highest BCUT2D eigenvalue weighted by Gasteiger charge is 2.32. The first-order valence-corrected chi connectivity index (χ1v) is 5.29. The van der Waals surface area contributed by atoms with Crippen molar-refractivity contribution in [2.45, 2.75) is 12.0 Å². The molecule has 2 unspecified atom stereocenters. The van der Waals surface area contributed by atoms with Crippen molar-refractivity contribution in [1.29, 1.82) is 0 Å². The molecular weight excluding hydrogens is 204 g/mol. The van der Waals surface area contributed by atoms with Crippen molar-refractivity contribution in [3.05, 3.63) is 54.0 Å². The quantitative estimate of drug-likeness (QED) is 0.838. The third-order valence-corrected chi connectivity index (χ3v) is 2.95. The Morgan fingerprint density at radius 1 is 1.19 bits per heavy atom. The summed E-state index contributed by atoms with van der Waals surface area (Å²) in [4.78, 5) is 0. The zero-order valence-electron chi connectivity index (χ0n) is 8.67. The van der Waals surface area contributed by atoms with Crippen molar-refractivity contribution in [3.63, 3.8) is 0 Å². The normalized spacial score (nSPS) is 20.2. The maximum Gasteiger partial charge on any atom is 0.133 e. The maximum absolute atomic E-state index is 10.2. The number of rotatable bonds is 2. The van der Waals surface area contributed by atoms with Gasteiger partial charge in [0.1, 0.15) is 17.6 Å². The summed E-state index contributed by atoms with van der Waals surface area (Å²) in [5.74, 6) is 1.41. The largest absolute Gasteiger partial charge is 0.493 e. The SMILES string of the molecule is OC(c1ccco1)C1COc2ccccc21. The topological polar surface area (TPSA) is 42.6 Å². The molecular formula is C13H12O3. The predicted octanol–water partition coefficient (Wildman–Crippen LogP) is 2.49. The molecule has 0 aliphatic carbocycles. The molecule has 0 bridgehead atoms. The van der Waals surface area contributed by atoms with Gasteiger partial charge in [0, 0.05) is 5.56 Å². The van der Waals surface area contributed by atoms with E-state index < -0.39 is 6.10 Å². The fraction of sp³-hybridized carbons (Fsp3) is 0.231. The molecule has 1 aromatic heterocycles. The Kier molecular flexibility index (Phi) is 2.18. The smallest absolute Gasteiger partial charge is 0.133 e. The van der Waals surface area contributed by atoms with Crippen LogP contribution in [0.1, 0.15) is 23.3 Å². The van der Waals surface area contributed by atoms with Gasteiger partial charge in [0.25, 0.3) is 0 Å². The lowest BCUT2D eigenvalue weighted by Crippen LogP contribution is -2.11. The van der Waals surface area contributed by atoms with E-state index in [0.29, 0.717) is 12.4 Å². The number of aliphatic hydroxyl groups excluding tert-OH is 1. The van der Waals surface area contributed by atoms with E-state index >= 15 is 0 Å². The van der Waals surface area contributed by atoms with Crippen LogP contribution in [-0.2, 0) is 0 Å². The minimum atomic E-state index is -0.640. The highest BCUT2D eigenvalue weighted by Crippen LogP contribution is 2.40. The Morgan fingerprint density at radius 3 is 2.88 bits per heavy atom. The highest BCUT2D eigenvalue weighted by atomic mass is 16.5. The van der Waals surface area contributed by atoms with E-state index in [1.54, 1.807) is 18.4 Å². The Balaban J connectivity index is 1.93. The van der Waals surface area contributed by atoms with Crippen molar-refractivity contribution in [1.82, 2.24) is 0 Å². The number of aliphatic hydroxyl groups is 1.